The number of piperazine rings is 1. The van der Waals surface area contributed by atoms with Crippen molar-refractivity contribution in [1.82, 2.24) is 10.2 Å². The molecule has 1 aromatic carbocycles. The van der Waals surface area contributed by atoms with Crippen LogP contribution in [-0.4, -0.2) is 36.5 Å². The van der Waals surface area contributed by atoms with E-state index in [4.69, 9.17) is 0 Å². The molecule has 1 amide bonds. The van der Waals surface area contributed by atoms with Crippen LogP contribution in [0.1, 0.15) is 18.9 Å². The average Bonchev–Trinajstić information content (AvgIpc) is 3.06. The van der Waals surface area contributed by atoms with Crippen LogP contribution in [0.2, 0.25) is 0 Å². The average molecular weight is 314 g/mol. The first kappa shape index (κ1) is 15.3. The van der Waals surface area contributed by atoms with Crippen molar-refractivity contribution in [1.29, 1.82) is 0 Å². The van der Waals surface area contributed by atoms with Gasteiger partial charge in [0.15, 0.2) is 0 Å². The van der Waals surface area contributed by atoms with Crippen LogP contribution in [0.3, 0.4) is 0 Å². The lowest BCUT2D eigenvalue weighted by molar-refractivity contribution is -0.135. The fourth-order valence-electron chi connectivity index (χ4n) is 2.97. The fraction of sp³-hybridized carbons (Fsp3) is 0.389. The molecule has 1 atom stereocenters. The second kappa shape index (κ2) is 7.07. The SMILES string of the molecule is CCCN1CCN[C@H](Cc2cccc(-c3cccs3)c2)C1=O. The fourth-order valence-corrected chi connectivity index (χ4v) is 3.70. The molecule has 0 spiro atoms. The van der Waals surface area contributed by atoms with Crippen LogP contribution in [-0.2, 0) is 11.2 Å². The number of rotatable bonds is 5. The van der Waals surface area contributed by atoms with E-state index in [1.807, 2.05) is 4.90 Å². The highest BCUT2D eigenvalue weighted by Gasteiger charge is 2.27. The molecule has 1 aliphatic heterocycles. The van der Waals surface area contributed by atoms with Gasteiger partial charge in [-0.05, 0) is 35.4 Å². The maximum atomic E-state index is 12.5. The summed E-state index contributed by atoms with van der Waals surface area (Å²) in [6.45, 7) is 4.71. The zero-order chi connectivity index (χ0) is 15.4. The van der Waals surface area contributed by atoms with Crippen molar-refractivity contribution in [2.24, 2.45) is 0 Å². The summed E-state index contributed by atoms with van der Waals surface area (Å²) in [7, 11) is 0. The van der Waals surface area contributed by atoms with Gasteiger partial charge in [0.05, 0.1) is 6.04 Å². The molecule has 0 aliphatic carbocycles. The molecule has 0 saturated carbocycles. The molecule has 2 aromatic rings. The summed E-state index contributed by atoms with van der Waals surface area (Å²) in [6, 6.07) is 12.7. The number of carbonyl (C=O) groups is 1. The van der Waals surface area contributed by atoms with Gasteiger partial charge in [0, 0.05) is 24.5 Å². The number of nitrogens with one attached hydrogen (secondary N) is 1. The molecule has 1 fully saturated rings. The third-order valence-electron chi connectivity index (χ3n) is 4.05. The van der Waals surface area contributed by atoms with Crippen molar-refractivity contribution in [3.05, 3.63) is 47.3 Å². The molecule has 0 unspecified atom stereocenters. The number of benzene rings is 1. The summed E-state index contributed by atoms with van der Waals surface area (Å²) in [6.07, 6.45) is 1.78. The number of amides is 1. The third kappa shape index (κ3) is 3.39. The van der Waals surface area contributed by atoms with Crippen molar-refractivity contribution in [2.75, 3.05) is 19.6 Å². The lowest BCUT2D eigenvalue weighted by Gasteiger charge is -2.33. The topological polar surface area (TPSA) is 32.3 Å². The minimum absolute atomic E-state index is 0.0844. The minimum Gasteiger partial charge on any atom is -0.340 e. The maximum Gasteiger partial charge on any atom is 0.240 e. The second-order valence-corrected chi connectivity index (χ2v) is 6.66. The quantitative estimate of drug-likeness (QED) is 0.919. The molecule has 3 nitrogen and oxygen atoms in total. The van der Waals surface area contributed by atoms with E-state index >= 15 is 0 Å². The Bertz CT molecular complexity index is 622. The summed E-state index contributed by atoms with van der Waals surface area (Å²) < 4.78 is 0. The summed E-state index contributed by atoms with van der Waals surface area (Å²) in [5.74, 6) is 0.245. The summed E-state index contributed by atoms with van der Waals surface area (Å²) in [4.78, 5) is 15.8. The molecule has 2 heterocycles. The Morgan fingerprint density at radius 1 is 1.32 bits per heavy atom. The van der Waals surface area contributed by atoms with Crippen molar-refractivity contribution in [3.63, 3.8) is 0 Å². The lowest BCUT2D eigenvalue weighted by Crippen LogP contribution is -2.55. The molecule has 116 valence electrons. The van der Waals surface area contributed by atoms with Crippen molar-refractivity contribution in [2.45, 2.75) is 25.8 Å². The van der Waals surface area contributed by atoms with Crippen molar-refractivity contribution < 1.29 is 4.79 Å². The first-order chi connectivity index (χ1) is 10.8. The zero-order valence-electron chi connectivity index (χ0n) is 12.9. The predicted octanol–water partition coefficient (Wildman–Crippen LogP) is 3.17. The predicted molar refractivity (Wildman–Crippen MR) is 92.1 cm³/mol. The van der Waals surface area contributed by atoms with Crippen LogP contribution < -0.4 is 5.32 Å². The van der Waals surface area contributed by atoms with Crippen LogP contribution in [0.4, 0.5) is 0 Å². The molecule has 22 heavy (non-hydrogen) atoms. The maximum absolute atomic E-state index is 12.5. The van der Waals surface area contributed by atoms with Gasteiger partial charge in [-0.1, -0.05) is 37.3 Å². The second-order valence-electron chi connectivity index (χ2n) is 5.71. The van der Waals surface area contributed by atoms with Gasteiger partial charge in [0.25, 0.3) is 0 Å². The van der Waals surface area contributed by atoms with E-state index in [0.717, 1.165) is 32.5 Å². The Balaban J connectivity index is 1.73. The lowest BCUT2D eigenvalue weighted by atomic mass is 10.0. The zero-order valence-corrected chi connectivity index (χ0v) is 13.7. The van der Waals surface area contributed by atoms with Gasteiger partial charge in [-0.25, -0.2) is 0 Å². The Morgan fingerprint density at radius 2 is 2.23 bits per heavy atom. The number of hydrogen-bond acceptors (Lipinski definition) is 3. The van der Waals surface area contributed by atoms with Crippen LogP contribution in [0, 0.1) is 0 Å². The van der Waals surface area contributed by atoms with E-state index in [1.54, 1.807) is 11.3 Å². The van der Waals surface area contributed by atoms with Gasteiger partial charge in [0.2, 0.25) is 5.91 Å². The molecule has 1 N–H and O–H groups in total. The van der Waals surface area contributed by atoms with E-state index < -0.39 is 0 Å². The van der Waals surface area contributed by atoms with Gasteiger partial charge in [-0.2, -0.15) is 0 Å². The minimum atomic E-state index is -0.0844. The molecule has 1 saturated heterocycles. The number of hydrogen-bond donors (Lipinski definition) is 1. The molecule has 0 radical (unpaired) electrons. The highest BCUT2D eigenvalue weighted by atomic mass is 32.1. The third-order valence-corrected chi connectivity index (χ3v) is 4.97. The van der Waals surface area contributed by atoms with Crippen molar-refractivity contribution >= 4 is 17.2 Å². The molecule has 1 aromatic heterocycles. The standard InChI is InChI=1S/C18H22N2OS/c1-2-9-20-10-8-19-16(18(20)21)13-14-5-3-6-15(12-14)17-7-4-11-22-17/h3-7,11-12,16,19H,2,8-10,13H2,1H3/t16-/m1/s1. The Hall–Kier alpha value is -1.65. The van der Waals surface area contributed by atoms with E-state index in [9.17, 15) is 4.79 Å². The summed E-state index contributed by atoms with van der Waals surface area (Å²) >= 11 is 1.75. The number of thiophene rings is 1. The van der Waals surface area contributed by atoms with E-state index in [0.29, 0.717) is 0 Å². The Labute approximate surface area is 136 Å². The van der Waals surface area contributed by atoms with Gasteiger partial charge in [-0.3, -0.25) is 4.79 Å². The monoisotopic (exact) mass is 314 g/mol. The number of carbonyl (C=O) groups excluding carboxylic acids is 1. The molecule has 4 heteroatoms. The van der Waals surface area contributed by atoms with Crippen LogP contribution in [0.25, 0.3) is 10.4 Å². The molecular weight excluding hydrogens is 292 g/mol. The normalized spacial score (nSPS) is 18.7. The molecular formula is C18H22N2OS. The van der Waals surface area contributed by atoms with Gasteiger partial charge >= 0.3 is 0 Å². The van der Waals surface area contributed by atoms with Crippen LogP contribution in [0.5, 0.6) is 0 Å². The highest BCUT2D eigenvalue weighted by molar-refractivity contribution is 7.13. The molecule has 3 rings (SSSR count). The summed E-state index contributed by atoms with van der Waals surface area (Å²) in [5, 5.41) is 5.47. The summed E-state index contributed by atoms with van der Waals surface area (Å²) in [5.41, 5.74) is 2.45. The molecule has 0 bridgehead atoms. The van der Waals surface area contributed by atoms with E-state index in [2.05, 4.69) is 54.0 Å². The first-order valence-corrected chi connectivity index (χ1v) is 8.81. The first-order valence-electron chi connectivity index (χ1n) is 7.93. The van der Waals surface area contributed by atoms with Crippen molar-refractivity contribution in [3.8, 4) is 10.4 Å². The highest BCUT2D eigenvalue weighted by Crippen LogP contribution is 2.25. The molecule has 1 aliphatic rings. The van der Waals surface area contributed by atoms with Gasteiger partial charge in [0.1, 0.15) is 0 Å². The number of nitrogens with zero attached hydrogens (tertiary/aromatic N) is 1. The Kier molecular flexibility index (Phi) is 4.90. The van der Waals surface area contributed by atoms with Crippen LogP contribution in [0.15, 0.2) is 41.8 Å². The van der Waals surface area contributed by atoms with Crippen LogP contribution >= 0.6 is 11.3 Å². The van der Waals surface area contributed by atoms with Gasteiger partial charge in [-0.15, -0.1) is 11.3 Å². The van der Waals surface area contributed by atoms with E-state index in [1.165, 1.54) is 16.0 Å². The Morgan fingerprint density at radius 3 is 3.00 bits per heavy atom. The smallest absolute Gasteiger partial charge is 0.240 e. The van der Waals surface area contributed by atoms with E-state index in [-0.39, 0.29) is 11.9 Å². The van der Waals surface area contributed by atoms with Gasteiger partial charge < -0.3 is 10.2 Å². The largest absolute Gasteiger partial charge is 0.340 e.